The molecule has 0 bridgehead atoms. The Bertz CT molecular complexity index is 244. The van der Waals surface area contributed by atoms with Crippen LogP contribution < -0.4 is 5.32 Å². The van der Waals surface area contributed by atoms with Crippen molar-refractivity contribution in [3.05, 3.63) is 0 Å². The molecule has 1 aliphatic rings. The van der Waals surface area contributed by atoms with E-state index in [0.717, 1.165) is 19.3 Å². The summed E-state index contributed by atoms with van der Waals surface area (Å²) in [5.41, 5.74) is -0.404. The van der Waals surface area contributed by atoms with Gasteiger partial charge in [0.1, 0.15) is 5.54 Å². The van der Waals surface area contributed by atoms with Crippen LogP contribution in [0, 0.1) is 11.8 Å². The van der Waals surface area contributed by atoms with Crippen LogP contribution in [0.1, 0.15) is 47.0 Å². The molecular formula is C13H25NO2. The summed E-state index contributed by atoms with van der Waals surface area (Å²) in [6, 6.07) is 0.368. The van der Waals surface area contributed by atoms with Gasteiger partial charge in [-0.2, -0.15) is 0 Å². The Hall–Kier alpha value is -0.570. The molecule has 0 heterocycles. The summed E-state index contributed by atoms with van der Waals surface area (Å²) in [6.07, 6.45) is 2.87. The number of esters is 1. The normalized spacial score (nSPS) is 31.0. The first-order valence-electron chi connectivity index (χ1n) is 6.31. The predicted molar refractivity (Wildman–Crippen MR) is 65.2 cm³/mol. The molecule has 3 nitrogen and oxygen atoms in total. The average Bonchev–Trinajstić information content (AvgIpc) is 2.20. The van der Waals surface area contributed by atoms with Crippen LogP contribution in [0.25, 0.3) is 0 Å². The second-order valence-corrected chi connectivity index (χ2v) is 5.44. The van der Waals surface area contributed by atoms with E-state index in [1.165, 1.54) is 7.11 Å². The molecule has 1 saturated carbocycles. The fourth-order valence-electron chi connectivity index (χ4n) is 2.42. The lowest BCUT2D eigenvalue weighted by molar-refractivity contribution is -0.156. The van der Waals surface area contributed by atoms with Gasteiger partial charge < -0.3 is 4.74 Å². The van der Waals surface area contributed by atoms with Crippen LogP contribution in [0.3, 0.4) is 0 Å². The van der Waals surface area contributed by atoms with Crippen molar-refractivity contribution < 1.29 is 9.53 Å². The lowest BCUT2D eigenvalue weighted by Crippen LogP contribution is -2.64. The van der Waals surface area contributed by atoms with Crippen molar-refractivity contribution in [1.82, 2.24) is 5.32 Å². The molecule has 1 rings (SSSR count). The highest BCUT2D eigenvalue weighted by Crippen LogP contribution is 2.43. The number of ether oxygens (including phenoxy) is 1. The van der Waals surface area contributed by atoms with Gasteiger partial charge in [-0.15, -0.1) is 0 Å². The van der Waals surface area contributed by atoms with Gasteiger partial charge in [0.2, 0.25) is 0 Å². The Balaban J connectivity index is 2.64. The third kappa shape index (κ3) is 2.57. The van der Waals surface area contributed by atoms with E-state index in [4.69, 9.17) is 4.74 Å². The number of carbonyl (C=O) groups excluding carboxylic acids is 1. The monoisotopic (exact) mass is 227 g/mol. The van der Waals surface area contributed by atoms with E-state index in [2.05, 4.69) is 33.0 Å². The van der Waals surface area contributed by atoms with Crippen LogP contribution in [0.4, 0.5) is 0 Å². The first-order valence-corrected chi connectivity index (χ1v) is 6.31. The molecule has 0 spiro atoms. The van der Waals surface area contributed by atoms with E-state index in [1.807, 2.05) is 0 Å². The first kappa shape index (κ1) is 13.5. The van der Waals surface area contributed by atoms with Crippen molar-refractivity contribution in [3.8, 4) is 0 Å². The summed E-state index contributed by atoms with van der Waals surface area (Å²) in [6.45, 7) is 8.68. The number of hydrogen-bond acceptors (Lipinski definition) is 3. The van der Waals surface area contributed by atoms with E-state index in [0.29, 0.717) is 17.9 Å². The molecule has 0 aromatic rings. The van der Waals surface area contributed by atoms with Crippen molar-refractivity contribution in [3.63, 3.8) is 0 Å². The van der Waals surface area contributed by atoms with Gasteiger partial charge in [-0.25, -0.2) is 0 Å². The number of methoxy groups -OCH3 is 1. The van der Waals surface area contributed by atoms with Crippen LogP contribution in [-0.2, 0) is 9.53 Å². The second kappa shape index (κ2) is 5.17. The van der Waals surface area contributed by atoms with Crippen molar-refractivity contribution in [1.29, 1.82) is 0 Å². The van der Waals surface area contributed by atoms with E-state index < -0.39 is 5.54 Å². The first-order chi connectivity index (χ1) is 7.45. The zero-order chi connectivity index (χ0) is 12.3. The highest BCUT2D eigenvalue weighted by atomic mass is 16.5. The molecule has 0 radical (unpaired) electrons. The van der Waals surface area contributed by atoms with Gasteiger partial charge in [0.25, 0.3) is 0 Å². The Morgan fingerprint density at radius 1 is 1.44 bits per heavy atom. The standard InChI is InChI=1S/C13H25NO2/c1-6-10(4)14-13(12(15)16-5)7-11(8-13)9(2)3/h9-11,14H,6-8H2,1-5H3. The van der Waals surface area contributed by atoms with Gasteiger partial charge in [0.15, 0.2) is 0 Å². The van der Waals surface area contributed by atoms with Crippen molar-refractivity contribution >= 4 is 5.97 Å². The summed E-state index contributed by atoms with van der Waals surface area (Å²) in [5, 5.41) is 3.44. The zero-order valence-corrected chi connectivity index (χ0v) is 11.2. The maximum Gasteiger partial charge on any atom is 0.326 e. The maximum absolute atomic E-state index is 11.9. The van der Waals surface area contributed by atoms with Crippen LogP contribution in [0.2, 0.25) is 0 Å². The van der Waals surface area contributed by atoms with Gasteiger partial charge >= 0.3 is 5.97 Å². The van der Waals surface area contributed by atoms with Crippen molar-refractivity contribution in [2.24, 2.45) is 11.8 Å². The molecule has 0 aromatic heterocycles. The molecule has 0 saturated heterocycles. The molecule has 1 N–H and O–H groups in total. The highest BCUT2D eigenvalue weighted by Gasteiger charge is 2.52. The van der Waals surface area contributed by atoms with E-state index in [9.17, 15) is 4.79 Å². The summed E-state index contributed by atoms with van der Waals surface area (Å²) in [4.78, 5) is 11.9. The molecule has 0 aliphatic heterocycles. The van der Waals surface area contributed by atoms with Crippen molar-refractivity contribution in [2.45, 2.75) is 58.5 Å². The van der Waals surface area contributed by atoms with E-state index in [1.54, 1.807) is 0 Å². The third-order valence-electron chi connectivity index (χ3n) is 3.88. The molecule has 94 valence electrons. The number of hydrogen-bond donors (Lipinski definition) is 1. The summed E-state index contributed by atoms with van der Waals surface area (Å²) >= 11 is 0. The molecule has 16 heavy (non-hydrogen) atoms. The molecule has 1 atom stereocenters. The lowest BCUT2D eigenvalue weighted by atomic mass is 9.63. The van der Waals surface area contributed by atoms with Crippen LogP contribution in [-0.4, -0.2) is 24.7 Å². The minimum atomic E-state index is -0.404. The minimum absolute atomic E-state index is 0.0929. The third-order valence-corrected chi connectivity index (χ3v) is 3.88. The van der Waals surface area contributed by atoms with Gasteiger partial charge in [-0.05, 0) is 38.0 Å². The minimum Gasteiger partial charge on any atom is -0.468 e. The molecule has 0 aromatic carbocycles. The zero-order valence-electron chi connectivity index (χ0n) is 11.2. The number of nitrogens with one attached hydrogen (secondary N) is 1. The number of carbonyl (C=O) groups is 1. The largest absolute Gasteiger partial charge is 0.468 e. The van der Waals surface area contributed by atoms with Gasteiger partial charge in [0.05, 0.1) is 7.11 Å². The summed E-state index contributed by atoms with van der Waals surface area (Å²) in [7, 11) is 1.48. The van der Waals surface area contributed by atoms with Crippen LogP contribution >= 0.6 is 0 Å². The second-order valence-electron chi connectivity index (χ2n) is 5.44. The topological polar surface area (TPSA) is 38.3 Å². The summed E-state index contributed by atoms with van der Waals surface area (Å²) < 4.78 is 4.93. The fourth-order valence-corrected chi connectivity index (χ4v) is 2.42. The Labute approximate surface area is 98.9 Å². The quantitative estimate of drug-likeness (QED) is 0.733. The van der Waals surface area contributed by atoms with E-state index >= 15 is 0 Å². The molecular weight excluding hydrogens is 202 g/mol. The SMILES string of the molecule is CCC(C)NC1(C(=O)OC)CC(C(C)C)C1. The van der Waals surface area contributed by atoms with Crippen LogP contribution in [0.15, 0.2) is 0 Å². The van der Waals surface area contributed by atoms with Crippen molar-refractivity contribution in [2.75, 3.05) is 7.11 Å². The number of rotatable bonds is 5. The average molecular weight is 227 g/mol. The molecule has 1 aliphatic carbocycles. The highest BCUT2D eigenvalue weighted by molar-refractivity contribution is 5.82. The Morgan fingerprint density at radius 3 is 2.38 bits per heavy atom. The predicted octanol–water partition coefficient (Wildman–Crippen LogP) is 2.35. The maximum atomic E-state index is 11.9. The van der Waals surface area contributed by atoms with Gasteiger partial charge in [0, 0.05) is 6.04 Å². The molecule has 0 amide bonds. The van der Waals surface area contributed by atoms with Crippen LogP contribution in [0.5, 0.6) is 0 Å². The smallest absolute Gasteiger partial charge is 0.326 e. The molecule has 3 heteroatoms. The Morgan fingerprint density at radius 2 is 2.00 bits per heavy atom. The molecule has 1 unspecified atom stereocenters. The summed E-state index contributed by atoms with van der Waals surface area (Å²) in [5.74, 6) is 1.21. The lowest BCUT2D eigenvalue weighted by Gasteiger charge is -2.48. The van der Waals surface area contributed by atoms with E-state index in [-0.39, 0.29) is 5.97 Å². The fraction of sp³-hybridized carbons (Fsp3) is 0.923. The Kier molecular flexibility index (Phi) is 4.36. The van der Waals surface area contributed by atoms with Gasteiger partial charge in [-0.1, -0.05) is 20.8 Å². The van der Waals surface area contributed by atoms with Gasteiger partial charge in [-0.3, -0.25) is 10.1 Å². The molecule has 1 fully saturated rings.